The number of hydrogen-bond donors (Lipinski definition) is 1. The minimum atomic E-state index is -0.587. The molecule has 0 aromatic heterocycles. The molecule has 0 saturated carbocycles. The van der Waals surface area contributed by atoms with E-state index in [1.54, 1.807) is 6.92 Å². The van der Waals surface area contributed by atoms with Crippen LogP contribution < -0.4 is 5.32 Å². The van der Waals surface area contributed by atoms with Gasteiger partial charge in [-0.2, -0.15) is 0 Å². The number of carbonyl (C=O) groups is 2. The zero-order chi connectivity index (χ0) is 17.5. The van der Waals surface area contributed by atoms with Crippen molar-refractivity contribution in [2.75, 3.05) is 20.3 Å². The number of ether oxygens (including phenoxy) is 3. The van der Waals surface area contributed by atoms with Gasteiger partial charge in [0.15, 0.2) is 5.76 Å². The highest BCUT2D eigenvalue weighted by atomic mass is 16.5. The summed E-state index contributed by atoms with van der Waals surface area (Å²) >= 11 is 0. The van der Waals surface area contributed by atoms with Gasteiger partial charge in [0.25, 0.3) is 5.91 Å². The lowest BCUT2D eigenvalue weighted by Gasteiger charge is -2.14. The third-order valence-corrected chi connectivity index (χ3v) is 3.44. The second-order valence-corrected chi connectivity index (χ2v) is 4.96. The summed E-state index contributed by atoms with van der Waals surface area (Å²) in [7, 11) is 1.35. The first kappa shape index (κ1) is 17.6. The molecular formula is C18H21NO5. The van der Waals surface area contributed by atoms with E-state index in [0.29, 0.717) is 18.1 Å². The molecule has 1 amide bonds. The van der Waals surface area contributed by atoms with Crippen molar-refractivity contribution in [3.05, 3.63) is 53.0 Å². The van der Waals surface area contributed by atoms with E-state index in [0.717, 1.165) is 5.56 Å². The molecule has 2 rings (SSSR count). The van der Waals surface area contributed by atoms with Crippen LogP contribution in [0.5, 0.6) is 0 Å². The summed E-state index contributed by atoms with van der Waals surface area (Å²) in [5, 5.41) is 2.78. The van der Waals surface area contributed by atoms with E-state index in [2.05, 4.69) is 5.32 Å². The van der Waals surface area contributed by atoms with Crippen LogP contribution in [-0.2, 0) is 23.8 Å². The molecule has 1 aromatic rings. The molecule has 128 valence electrons. The van der Waals surface area contributed by atoms with Crippen molar-refractivity contribution in [3.8, 4) is 0 Å². The lowest BCUT2D eigenvalue weighted by molar-refractivity contribution is -0.139. The maximum Gasteiger partial charge on any atom is 0.338 e. The normalized spacial score (nSPS) is 14.9. The lowest BCUT2D eigenvalue weighted by Crippen LogP contribution is -2.25. The molecule has 0 spiro atoms. The number of esters is 1. The van der Waals surface area contributed by atoms with E-state index in [4.69, 9.17) is 14.2 Å². The van der Waals surface area contributed by atoms with Crippen LogP contribution in [-0.4, -0.2) is 32.2 Å². The molecule has 1 aliphatic rings. The molecule has 6 nitrogen and oxygen atoms in total. The number of allylic oxidation sites excluding steroid dienone is 1. The fraction of sp³-hybridized carbons (Fsp3) is 0.333. The monoisotopic (exact) mass is 331 g/mol. The first-order valence-electron chi connectivity index (χ1n) is 7.79. The number of nitrogens with one attached hydrogen (secondary N) is 1. The third kappa shape index (κ3) is 3.76. The summed E-state index contributed by atoms with van der Waals surface area (Å²) in [6.45, 7) is 4.16. The second-order valence-electron chi connectivity index (χ2n) is 4.96. The van der Waals surface area contributed by atoms with E-state index in [9.17, 15) is 9.59 Å². The molecular weight excluding hydrogens is 310 g/mol. The van der Waals surface area contributed by atoms with Crippen LogP contribution in [0, 0.1) is 0 Å². The summed E-state index contributed by atoms with van der Waals surface area (Å²) in [5.74, 6) is -0.658. The quantitative estimate of drug-likeness (QED) is 0.810. The lowest BCUT2D eigenvalue weighted by atomic mass is 10.1. The van der Waals surface area contributed by atoms with Crippen molar-refractivity contribution in [2.24, 2.45) is 0 Å². The van der Waals surface area contributed by atoms with Crippen LogP contribution >= 0.6 is 0 Å². The van der Waals surface area contributed by atoms with Crippen LogP contribution in [0.4, 0.5) is 0 Å². The van der Waals surface area contributed by atoms with Gasteiger partial charge in [-0.1, -0.05) is 30.3 Å². The van der Waals surface area contributed by atoms with E-state index < -0.39 is 11.9 Å². The first-order valence-corrected chi connectivity index (χ1v) is 7.79. The van der Waals surface area contributed by atoms with Crippen LogP contribution in [0.15, 0.2) is 47.4 Å². The van der Waals surface area contributed by atoms with Gasteiger partial charge in [-0.25, -0.2) is 4.79 Å². The largest absolute Gasteiger partial charge is 0.496 e. The summed E-state index contributed by atoms with van der Waals surface area (Å²) in [5.41, 5.74) is 1.46. The number of rotatable bonds is 6. The van der Waals surface area contributed by atoms with Crippen molar-refractivity contribution in [3.63, 3.8) is 0 Å². The van der Waals surface area contributed by atoms with Crippen LogP contribution in [0.25, 0.3) is 5.70 Å². The van der Waals surface area contributed by atoms with E-state index in [1.807, 2.05) is 37.3 Å². The molecule has 0 saturated heterocycles. The van der Waals surface area contributed by atoms with E-state index in [-0.39, 0.29) is 24.4 Å². The zero-order valence-electron chi connectivity index (χ0n) is 14.0. The Balaban J connectivity index is 2.52. The Morgan fingerprint density at radius 1 is 1.17 bits per heavy atom. The molecule has 0 unspecified atom stereocenters. The van der Waals surface area contributed by atoms with Crippen molar-refractivity contribution >= 4 is 17.6 Å². The molecule has 1 heterocycles. The van der Waals surface area contributed by atoms with Gasteiger partial charge in [-0.3, -0.25) is 4.79 Å². The van der Waals surface area contributed by atoms with Crippen molar-refractivity contribution in [1.82, 2.24) is 5.32 Å². The minimum absolute atomic E-state index is 0.0587. The molecule has 0 bridgehead atoms. The number of methoxy groups -OCH3 is 1. The average molecular weight is 331 g/mol. The predicted octanol–water partition coefficient (Wildman–Crippen LogP) is 2.38. The fourth-order valence-corrected chi connectivity index (χ4v) is 2.44. The van der Waals surface area contributed by atoms with E-state index >= 15 is 0 Å². The number of hydrogen-bond acceptors (Lipinski definition) is 5. The zero-order valence-corrected chi connectivity index (χ0v) is 14.0. The molecule has 24 heavy (non-hydrogen) atoms. The van der Waals surface area contributed by atoms with Gasteiger partial charge >= 0.3 is 5.97 Å². The number of benzene rings is 1. The highest BCUT2D eigenvalue weighted by Crippen LogP contribution is 2.28. The Kier molecular flexibility index (Phi) is 6.01. The Hall–Kier alpha value is -2.76. The summed E-state index contributed by atoms with van der Waals surface area (Å²) in [4.78, 5) is 24.7. The third-order valence-electron chi connectivity index (χ3n) is 3.44. The topological polar surface area (TPSA) is 73.9 Å². The SMILES string of the molecule is CCOC(=O)C1=C(OC)C(=O)NC(c2ccccc2)=C(OCC)C1. The maximum atomic E-state index is 12.5. The Labute approximate surface area is 141 Å². The van der Waals surface area contributed by atoms with Gasteiger partial charge < -0.3 is 19.5 Å². The van der Waals surface area contributed by atoms with Crippen molar-refractivity contribution in [1.29, 1.82) is 0 Å². The van der Waals surface area contributed by atoms with Gasteiger partial charge in [0, 0.05) is 12.0 Å². The summed E-state index contributed by atoms with van der Waals surface area (Å²) in [6, 6.07) is 9.32. The molecule has 0 fully saturated rings. The molecule has 0 radical (unpaired) electrons. The van der Waals surface area contributed by atoms with Gasteiger partial charge in [-0.05, 0) is 13.8 Å². The summed E-state index contributed by atoms with van der Waals surface area (Å²) in [6.07, 6.45) is 0.110. The van der Waals surface area contributed by atoms with Crippen molar-refractivity contribution in [2.45, 2.75) is 20.3 Å². The fourth-order valence-electron chi connectivity index (χ4n) is 2.44. The average Bonchev–Trinajstić information content (AvgIpc) is 2.73. The van der Waals surface area contributed by atoms with Gasteiger partial charge in [0.1, 0.15) is 5.76 Å². The predicted molar refractivity (Wildman–Crippen MR) is 88.4 cm³/mol. The Morgan fingerprint density at radius 3 is 2.46 bits per heavy atom. The Morgan fingerprint density at radius 2 is 1.88 bits per heavy atom. The highest BCUT2D eigenvalue weighted by molar-refractivity contribution is 6.06. The molecule has 0 atom stereocenters. The minimum Gasteiger partial charge on any atom is -0.496 e. The number of amides is 1. The van der Waals surface area contributed by atoms with Gasteiger partial charge in [0.05, 0.1) is 31.6 Å². The summed E-state index contributed by atoms with van der Waals surface area (Å²) < 4.78 is 15.9. The smallest absolute Gasteiger partial charge is 0.338 e. The van der Waals surface area contributed by atoms with Crippen LogP contribution in [0.1, 0.15) is 25.8 Å². The van der Waals surface area contributed by atoms with Crippen molar-refractivity contribution < 1.29 is 23.8 Å². The number of carbonyl (C=O) groups excluding carboxylic acids is 2. The maximum absolute atomic E-state index is 12.5. The standard InChI is InChI=1S/C18H21NO5/c1-4-23-14-11-13(18(21)24-5-2)16(22-3)17(20)19-15(14)12-9-7-6-8-10-12/h6-10H,4-5,11H2,1-3H3,(H,19,20). The van der Waals surface area contributed by atoms with Gasteiger partial charge in [0.2, 0.25) is 0 Å². The van der Waals surface area contributed by atoms with Crippen LogP contribution in [0.2, 0.25) is 0 Å². The molecule has 1 aliphatic heterocycles. The highest BCUT2D eigenvalue weighted by Gasteiger charge is 2.30. The molecule has 0 aliphatic carbocycles. The van der Waals surface area contributed by atoms with Crippen LogP contribution in [0.3, 0.4) is 0 Å². The Bertz CT molecular complexity index is 676. The first-order chi connectivity index (χ1) is 11.6. The van der Waals surface area contributed by atoms with E-state index in [1.165, 1.54) is 7.11 Å². The van der Waals surface area contributed by atoms with Gasteiger partial charge in [-0.15, -0.1) is 0 Å². The molecule has 1 aromatic carbocycles. The molecule has 6 heteroatoms. The second kappa shape index (κ2) is 8.19. The molecule has 1 N–H and O–H groups in total.